The van der Waals surface area contributed by atoms with E-state index in [1.54, 1.807) is 4.68 Å². The summed E-state index contributed by atoms with van der Waals surface area (Å²) in [6, 6.07) is 12.3. The van der Waals surface area contributed by atoms with Gasteiger partial charge in [0.25, 0.3) is 5.91 Å². The maximum atomic E-state index is 13.9. The highest BCUT2D eigenvalue weighted by Gasteiger charge is 2.49. The van der Waals surface area contributed by atoms with E-state index in [1.807, 2.05) is 36.1 Å². The van der Waals surface area contributed by atoms with Gasteiger partial charge in [-0.3, -0.25) is 14.3 Å². The number of nitrogens with zero attached hydrogens (tertiary/aromatic N) is 3. The maximum absolute atomic E-state index is 13.9. The van der Waals surface area contributed by atoms with Gasteiger partial charge in [0.15, 0.2) is 0 Å². The van der Waals surface area contributed by atoms with Crippen LogP contribution in [-0.2, 0) is 16.8 Å². The van der Waals surface area contributed by atoms with E-state index in [4.69, 9.17) is 5.10 Å². The van der Waals surface area contributed by atoms with Crippen molar-refractivity contribution >= 4 is 11.8 Å². The summed E-state index contributed by atoms with van der Waals surface area (Å²) in [5.41, 5.74) is 1.44. The second-order valence-electron chi connectivity index (χ2n) is 11.8. The van der Waals surface area contributed by atoms with E-state index in [9.17, 15) is 9.59 Å². The van der Waals surface area contributed by atoms with Crippen molar-refractivity contribution in [1.82, 2.24) is 20.0 Å². The monoisotopic (exact) mass is 478 g/mol. The Bertz CT molecular complexity index is 1030. The zero-order valence-electron chi connectivity index (χ0n) is 22.1. The Hall–Kier alpha value is -2.63. The lowest BCUT2D eigenvalue weighted by atomic mass is 9.89. The molecule has 1 saturated carbocycles. The van der Waals surface area contributed by atoms with Crippen LogP contribution in [0, 0.1) is 0 Å². The molecule has 190 valence electrons. The maximum Gasteiger partial charge on any atom is 0.273 e. The summed E-state index contributed by atoms with van der Waals surface area (Å²) >= 11 is 0. The Balaban J connectivity index is 1.65. The SMILES string of the molecule is CC(CN1C(=O)c2cc(C(C)(C)C)nn2CC1(C)C(=O)NC1CCCCCCC1)c1ccccc1. The molecule has 2 amide bonds. The summed E-state index contributed by atoms with van der Waals surface area (Å²) in [5.74, 6) is -0.0716. The van der Waals surface area contributed by atoms with Crippen LogP contribution in [0.3, 0.4) is 0 Å². The van der Waals surface area contributed by atoms with Crippen LogP contribution in [0.1, 0.15) is 107 Å². The third kappa shape index (κ3) is 5.46. The molecule has 1 aromatic carbocycles. The molecule has 2 aromatic rings. The lowest BCUT2D eigenvalue weighted by molar-refractivity contribution is -0.134. The van der Waals surface area contributed by atoms with E-state index >= 15 is 0 Å². The molecule has 2 heterocycles. The number of rotatable bonds is 5. The zero-order valence-corrected chi connectivity index (χ0v) is 22.1. The number of nitrogens with one attached hydrogen (secondary N) is 1. The van der Waals surface area contributed by atoms with Gasteiger partial charge in [0.1, 0.15) is 11.2 Å². The van der Waals surface area contributed by atoms with Gasteiger partial charge in [-0.25, -0.2) is 0 Å². The average Bonchev–Trinajstić information content (AvgIpc) is 3.23. The molecule has 2 aliphatic rings. The van der Waals surface area contributed by atoms with Gasteiger partial charge in [-0.1, -0.05) is 90.1 Å². The number of amides is 2. The van der Waals surface area contributed by atoms with Crippen LogP contribution in [0.5, 0.6) is 0 Å². The van der Waals surface area contributed by atoms with E-state index < -0.39 is 5.54 Å². The van der Waals surface area contributed by atoms with Crippen LogP contribution in [-0.4, -0.2) is 44.6 Å². The number of hydrogen-bond donors (Lipinski definition) is 1. The lowest BCUT2D eigenvalue weighted by Gasteiger charge is -2.45. The molecule has 1 aliphatic heterocycles. The Morgan fingerprint density at radius 1 is 1.11 bits per heavy atom. The predicted molar refractivity (Wildman–Crippen MR) is 139 cm³/mol. The highest BCUT2D eigenvalue weighted by molar-refractivity contribution is 5.99. The number of aromatic nitrogens is 2. The van der Waals surface area contributed by atoms with Crippen molar-refractivity contribution in [3.63, 3.8) is 0 Å². The first-order valence-corrected chi connectivity index (χ1v) is 13.4. The largest absolute Gasteiger partial charge is 0.351 e. The molecule has 1 fully saturated rings. The smallest absolute Gasteiger partial charge is 0.273 e. The van der Waals surface area contributed by atoms with E-state index in [1.165, 1.54) is 19.3 Å². The van der Waals surface area contributed by atoms with Gasteiger partial charge in [-0.2, -0.15) is 5.10 Å². The molecule has 0 radical (unpaired) electrons. The molecule has 1 aliphatic carbocycles. The Morgan fingerprint density at radius 2 is 1.74 bits per heavy atom. The standard InChI is InChI=1S/C29H42N4O2/c1-21(22-14-10-9-11-15-22)19-32-26(34)24-18-25(28(2,3)4)31-33(24)20-29(32,5)27(35)30-23-16-12-7-6-8-13-17-23/h9-11,14-15,18,21,23H,6-8,12-13,16-17,19-20H2,1-5H3,(H,30,35). The highest BCUT2D eigenvalue weighted by Crippen LogP contribution is 2.33. The molecule has 6 heteroatoms. The third-order valence-corrected chi connectivity index (χ3v) is 7.82. The summed E-state index contributed by atoms with van der Waals surface area (Å²) in [4.78, 5) is 29.7. The minimum atomic E-state index is -1.00. The molecule has 0 saturated heterocycles. The van der Waals surface area contributed by atoms with Crippen LogP contribution < -0.4 is 5.32 Å². The van der Waals surface area contributed by atoms with Gasteiger partial charge in [-0.15, -0.1) is 0 Å². The quantitative estimate of drug-likeness (QED) is 0.623. The topological polar surface area (TPSA) is 67.2 Å². The van der Waals surface area contributed by atoms with Crippen molar-refractivity contribution < 1.29 is 9.59 Å². The van der Waals surface area contributed by atoms with Crippen LogP contribution in [0.25, 0.3) is 0 Å². The van der Waals surface area contributed by atoms with Crippen molar-refractivity contribution in [2.75, 3.05) is 6.54 Å². The van der Waals surface area contributed by atoms with E-state index in [0.717, 1.165) is 36.9 Å². The first kappa shape index (κ1) is 25.5. The fourth-order valence-electron chi connectivity index (χ4n) is 5.40. The van der Waals surface area contributed by atoms with Crippen molar-refractivity contribution in [1.29, 1.82) is 0 Å². The fourth-order valence-corrected chi connectivity index (χ4v) is 5.40. The molecule has 2 unspecified atom stereocenters. The van der Waals surface area contributed by atoms with Gasteiger partial charge >= 0.3 is 0 Å². The summed E-state index contributed by atoms with van der Waals surface area (Å²) < 4.78 is 1.77. The van der Waals surface area contributed by atoms with Crippen LogP contribution in [0.4, 0.5) is 0 Å². The number of carbonyl (C=O) groups is 2. The van der Waals surface area contributed by atoms with Crippen LogP contribution >= 0.6 is 0 Å². The number of fused-ring (bicyclic) bond motifs is 1. The second-order valence-corrected chi connectivity index (χ2v) is 11.8. The van der Waals surface area contributed by atoms with Crippen LogP contribution in [0.2, 0.25) is 0 Å². The lowest BCUT2D eigenvalue weighted by Crippen LogP contribution is -2.65. The van der Waals surface area contributed by atoms with E-state index in [-0.39, 0.29) is 29.2 Å². The van der Waals surface area contributed by atoms with Gasteiger partial charge < -0.3 is 10.2 Å². The van der Waals surface area contributed by atoms with Crippen molar-refractivity contribution in [2.24, 2.45) is 0 Å². The van der Waals surface area contributed by atoms with Gasteiger partial charge in [0, 0.05) is 18.0 Å². The molecule has 0 bridgehead atoms. The van der Waals surface area contributed by atoms with Crippen molar-refractivity contribution in [3.05, 3.63) is 53.3 Å². The highest BCUT2D eigenvalue weighted by atomic mass is 16.2. The Labute approximate surface area is 210 Å². The molecule has 1 N–H and O–H groups in total. The molecule has 0 spiro atoms. The summed E-state index contributed by atoms with van der Waals surface area (Å²) in [6.45, 7) is 11.2. The first-order chi connectivity index (χ1) is 16.6. The zero-order chi connectivity index (χ0) is 25.2. The second kappa shape index (κ2) is 10.2. The average molecular weight is 479 g/mol. The van der Waals surface area contributed by atoms with E-state index in [0.29, 0.717) is 18.8 Å². The molecule has 2 atom stereocenters. The minimum absolute atomic E-state index is 0.0601. The molecular weight excluding hydrogens is 436 g/mol. The van der Waals surface area contributed by atoms with Gasteiger partial charge in [-0.05, 0) is 37.3 Å². The summed E-state index contributed by atoms with van der Waals surface area (Å²) in [6.07, 6.45) is 8.07. The number of benzene rings is 1. The predicted octanol–water partition coefficient (Wildman–Crippen LogP) is 5.43. The summed E-state index contributed by atoms with van der Waals surface area (Å²) in [7, 11) is 0. The third-order valence-electron chi connectivity index (χ3n) is 7.82. The van der Waals surface area contributed by atoms with Crippen molar-refractivity contribution in [2.45, 2.75) is 109 Å². The molecule has 35 heavy (non-hydrogen) atoms. The van der Waals surface area contributed by atoms with Crippen LogP contribution in [0.15, 0.2) is 36.4 Å². The molecule has 4 rings (SSSR count). The normalized spacial score (nSPS) is 22.8. The molecule has 6 nitrogen and oxygen atoms in total. The minimum Gasteiger partial charge on any atom is -0.351 e. The van der Waals surface area contributed by atoms with Gasteiger partial charge in [0.05, 0.1) is 12.2 Å². The van der Waals surface area contributed by atoms with Crippen molar-refractivity contribution in [3.8, 4) is 0 Å². The number of carbonyl (C=O) groups excluding carboxylic acids is 2. The number of hydrogen-bond acceptors (Lipinski definition) is 3. The fraction of sp³-hybridized carbons (Fsp3) is 0.621. The first-order valence-electron chi connectivity index (χ1n) is 13.4. The summed E-state index contributed by atoms with van der Waals surface area (Å²) in [5, 5.41) is 8.14. The Morgan fingerprint density at radius 3 is 2.37 bits per heavy atom. The Kier molecular flexibility index (Phi) is 7.39. The van der Waals surface area contributed by atoms with E-state index in [2.05, 4.69) is 45.1 Å². The molecular formula is C29H42N4O2. The van der Waals surface area contributed by atoms with Gasteiger partial charge in [0.2, 0.25) is 5.91 Å². The molecule has 1 aromatic heterocycles.